The summed E-state index contributed by atoms with van der Waals surface area (Å²) in [6.07, 6.45) is 1.61. The second kappa shape index (κ2) is 9.51. The molecule has 1 heterocycles. The van der Waals surface area contributed by atoms with Gasteiger partial charge < -0.3 is 21.1 Å². The van der Waals surface area contributed by atoms with Gasteiger partial charge in [0.05, 0.1) is 6.42 Å². The molecule has 2 aliphatic rings. The average molecular weight is 415 g/mol. The summed E-state index contributed by atoms with van der Waals surface area (Å²) < 4.78 is 0. The second-order valence-corrected chi connectivity index (χ2v) is 7.79. The van der Waals surface area contributed by atoms with Crippen molar-refractivity contribution in [2.75, 3.05) is 0 Å². The molecule has 2 fully saturated rings. The summed E-state index contributed by atoms with van der Waals surface area (Å²) >= 11 is 0. The van der Waals surface area contributed by atoms with Crippen LogP contribution in [-0.4, -0.2) is 52.7 Å². The van der Waals surface area contributed by atoms with Gasteiger partial charge in [-0.3, -0.25) is 19.2 Å². The molecular weight excluding hydrogens is 390 g/mol. The van der Waals surface area contributed by atoms with Gasteiger partial charge in [0, 0.05) is 19.3 Å². The lowest BCUT2D eigenvalue weighted by Crippen LogP contribution is -2.63. The van der Waals surface area contributed by atoms with E-state index in [1.807, 2.05) is 30.3 Å². The molecule has 1 saturated heterocycles. The highest BCUT2D eigenvalue weighted by Crippen LogP contribution is 2.24. The molecule has 1 aromatic carbocycles. The van der Waals surface area contributed by atoms with Crippen LogP contribution in [0.2, 0.25) is 0 Å². The Bertz CT molecular complexity index is 840. The van der Waals surface area contributed by atoms with E-state index in [9.17, 15) is 29.1 Å². The van der Waals surface area contributed by atoms with E-state index < -0.39 is 47.7 Å². The molecule has 1 saturated carbocycles. The monoisotopic (exact) mass is 415 g/mol. The van der Waals surface area contributed by atoms with Gasteiger partial charge in [0.2, 0.25) is 17.7 Å². The number of amides is 3. The van der Waals surface area contributed by atoms with Crippen molar-refractivity contribution in [2.24, 2.45) is 5.92 Å². The first-order valence-electron chi connectivity index (χ1n) is 10.0. The number of nitrogens with one attached hydrogen (secondary N) is 3. The van der Waals surface area contributed by atoms with E-state index in [0.29, 0.717) is 25.7 Å². The highest BCUT2D eigenvalue weighted by Gasteiger charge is 2.37. The van der Waals surface area contributed by atoms with Crippen LogP contribution in [0.1, 0.15) is 37.7 Å². The number of carbonyl (C=O) groups excluding carboxylic acids is 4. The van der Waals surface area contributed by atoms with Gasteiger partial charge in [-0.05, 0) is 24.3 Å². The first-order valence-corrected chi connectivity index (χ1v) is 10.0. The molecule has 1 aliphatic heterocycles. The molecule has 9 heteroatoms. The van der Waals surface area contributed by atoms with Crippen LogP contribution in [0, 0.1) is 5.92 Å². The third kappa shape index (κ3) is 5.43. The van der Waals surface area contributed by atoms with Crippen LogP contribution in [-0.2, 0) is 30.4 Å². The SMILES string of the molecule is O=C1CCC[C@H]([C@@H](NC(=O)C[C@@H]2NC(=O)[C@H](Cc3ccccc3)NC2=O)C(=O)O)C1. The van der Waals surface area contributed by atoms with Crippen molar-refractivity contribution in [1.82, 2.24) is 16.0 Å². The molecule has 0 bridgehead atoms. The molecule has 30 heavy (non-hydrogen) atoms. The fourth-order valence-corrected chi connectivity index (χ4v) is 3.95. The summed E-state index contributed by atoms with van der Waals surface area (Å²) in [5, 5.41) is 17.0. The van der Waals surface area contributed by atoms with E-state index >= 15 is 0 Å². The highest BCUT2D eigenvalue weighted by molar-refractivity contribution is 5.99. The molecule has 4 atom stereocenters. The zero-order valence-electron chi connectivity index (χ0n) is 16.4. The average Bonchev–Trinajstić information content (AvgIpc) is 2.70. The topological polar surface area (TPSA) is 142 Å². The predicted molar refractivity (Wildman–Crippen MR) is 105 cm³/mol. The highest BCUT2D eigenvalue weighted by atomic mass is 16.4. The van der Waals surface area contributed by atoms with Crippen LogP contribution in [0.5, 0.6) is 0 Å². The lowest BCUT2D eigenvalue weighted by Gasteiger charge is -2.30. The maximum atomic E-state index is 12.4. The number of ketones is 1. The number of benzene rings is 1. The minimum absolute atomic E-state index is 0.0184. The Kier molecular flexibility index (Phi) is 6.81. The lowest BCUT2D eigenvalue weighted by molar-refractivity contribution is -0.145. The van der Waals surface area contributed by atoms with Crippen molar-refractivity contribution in [3.63, 3.8) is 0 Å². The number of carboxylic acid groups (broad SMARTS) is 1. The number of hydrogen-bond acceptors (Lipinski definition) is 5. The van der Waals surface area contributed by atoms with Crippen molar-refractivity contribution in [3.05, 3.63) is 35.9 Å². The molecule has 160 valence electrons. The van der Waals surface area contributed by atoms with E-state index in [0.717, 1.165) is 5.56 Å². The van der Waals surface area contributed by atoms with E-state index in [1.165, 1.54) is 0 Å². The normalized spacial score (nSPS) is 25.1. The zero-order valence-corrected chi connectivity index (χ0v) is 16.4. The molecule has 1 aromatic rings. The van der Waals surface area contributed by atoms with Crippen molar-refractivity contribution in [2.45, 2.75) is 56.7 Å². The Morgan fingerprint density at radius 1 is 1.07 bits per heavy atom. The number of piperazine rings is 1. The second-order valence-electron chi connectivity index (χ2n) is 7.79. The van der Waals surface area contributed by atoms with Crippen LogP contribution < -0.4 is 16.0 Å². The van der Waals surface area contributed by atoms with Gasteiger partial charge in [0.25, 0.3) is 0 Å². The van der Waals surface area contributed by atoms with Crippen molar-refractivity contribution < 1.29 is 29.1 Å². The van der Waals surface area contributed by atoms with Crippen molar-refractivity contribution in [1.29, 1.82) is 0 Å². The fourth-order valence-electron chi connectivity index (χ4n) is 3.95. The Morgan fingerprint density at radius 3 is 2.40 bits per heavy atom. The molecule has 1 aliphatic carbocycles. The van der Waals surface area contributed by atoms with Crippen molar-refractivity contribution in [3.8, 4) is 0 Å². The summed E-state index contributed by atoms with van der Waals surface area (Å²) in [4.78, 5) is 60.3. The van der Waals surface area contributed by atoms with Gasteiger partial charge in [-0.25, -0.2) is 4.79 Å². The molecule has 0 unspecified atom stereocenters. The molecular formula is C21H25N3O6. The fraction of sp³-hybridized carbons (Fsp3) is 0.476. The maximum absolute atomic E-state index is 12.4. The van der Waals surface area contributed by atoms with E-state index in [-0.39, 0.29) is 18.6 Å². The minimum Gasteiger partial charge on any atom is -0.480 e. The number of hydrogen-bond donors (Lipinski definition) is 4. The Balaban J connectivity index is 1.56. The summed E-state index contributed by atoms with van der Waals surface area (Å²) in [6.45, 7) is 0. The number of aliphatic carboxylic acids is 1. The molecule has 0 aromatic heterocycles. The molecule has 0 spiro atoms. The summed E-state index contributed by atoms with van der Waals surface area (Å²) in [5.41, 5.74) is 0.889. The van der Waals surface area contributed by atoms with Gasteiger partial charge in [-0.1, -0.05) is 30.3 Å². The van der Waals surface area contributed by atoms with Crippen LogP contribution in [0.4, 0.5) is 0 Å². The molecule has 4 N–H and O–H groups in total. The number of carbonyl (C=O) groups is 5. The van der Waals surface area contributed by atoms with Crippen LogP contribution in [0.25, 0.3) is 0 Å². The van der Waals surface area contributed by atoms with E-state index in [1.54, 1.807) is 0 Å². The molecule has 9 nitrogen and oxygen atoms in total. The largest absolute Gasteiger partial charge is 0.480 e. The maximum Gasteiger partial charge on any atom is 0.326 e. The first-order chi connectivity index (χ1) is 14.3. The minimum atomic E-state index is -1.22. The lowest BCUT2D eigenvalue weighted by atomic mass is 9.83. The van der Waals surface area contributed by atoms with Crippen LogP contribution in [0.15, 0.2) is 30.3 Å². The number of carboxylic acids is 1. The standard InChI is InChI=1S/C21H25N3O6/c25-14-8-4-7-13(10-14)18(21(29)30)24-17(26)11-16-20(28)22-15(19(27)23-16)9-12-5-2-1-3-6-12/h1-3,5-6,13,15-16,18H,4,7-11H2,(H,22,28)(H,23,27)(H,24,26)(H,29,30)/t13-,15-,16-,18+/m0/s1. The quantitative estimate of drug-likeness (QED) is 0.491. The zero-order chi connectivity index (χ0) is 21.7. The third-order valence-corrected chi connectivity index (χ3v) is 5.51. The van der Waals surface area contributed by atoms with E-state index in [2.05, 4.69) is 16.0 Å². The van der Waals surface area contributed by atoms with Gasteiger partial charge in [-0.2, -0.15) is 0 Å². The molecule has 3 rings (SSSR count). The number of Topliss-reactive ketones (excluding diaryl/α,β-unsaturated/α-hetero) is 1. The third-order valence-electron chi connectivity index (χ3n) is 5.51. The Morgan fingerprint density at radius 2 is 1.73 bits per heavy atom. The molecule has 3 amide bonds. The van der Waals surface area contributed by atoms with Gasteiger partial charge in [0.1, 0.15) is 23.9 Å². The Labute approximate surface area is 173 Å². The smallest absolute Gasteiger partial charge is 0.326 e. The number of rotatable bonds is 7. The summed E-state index contributed by atoms with van der Waals surface area (Å²) in [7, 11) is 0. The van der Waals surface area contributed by atoms with Crippen LogP contribution in [0.3, 0.4) is 0 Å². The van der Waals surface area contributed by atoms with Gasteiger partial charge in [0.15, 0.2) is 0 Å². The van der Waals surface area contributed by atoms with E-state index in [4.69, 9.17) is 0 Å². The van der Waals surface area contributed by atoms with Crippen LogP contribution >= 0.6 is 0 Å². The van der Waals surface area contributed by atoms with Crippen molar-refractivity contribution >= 4 is 29.5 Å². The Hall–Kier alpha value is -3.23. The predicted octanol–water partition coefficient (Wildman–Crippen LogP) is -0.0689. The summed E-state index contributed by atoms with van der Waals surface area (Å²) in [6, 6.07) is 6.21. The van der Waals surface area contributed by atoms with Gasteiger partial charge in [-0.15, -0.1) is 0 Å². The first kappa shape index (κ1) is 21.5. The summed E-state index contributed by atoms with van der Waals surface area (Å²) in [5.74, 6) is -3.27. The van der Waals surface area contributed by atoms with Gasteiger partial charge >= 0.3 is 5.97 Å². The molecule has 0 radical (unpaired) electrons.